The number of fused-ring (bicyclic) bond motifs is 1. The summed E-state index contributed by atoms with van der Waals surface area (Å²) in [6.45, 7) is 6.22. The van der Waals surface area contributed by atoms with Crippen LogP contribution in [0.4, 0.5) is 0 Å². The van der Waals surface area contributed by atoms with E-state index in [1.165, 1.54) is 6.08 Å². The smallest absolute Gasteiger partial charge is 0.242 e. The summed E-state index contributed by atoms with van der Waals surface area (Å²) in [6.07, 6.45) is 5.25. The number of nitrogens with two attached hydrogens (primary N) is 1. The molecule has 2 aromatic rings. The number of aromatic nitrogens is 1. The van der Waals surface area contributed by atoms with Crippen LogP contribution in [0.3, 0.4) is 0 Å². The van der Waals surface area contributed by atoms with E-state index in [0.29, 0.717) is 12.5 Å². The van der Waals surface area contributed by atoms with Crippen LogP contribution in [0.1, 0.15) is 31.0 Å². The number of piperidine rings is 1. The second-order valence-electron chi connectivity index (χ2n) is 6.90. The third-order valence-corrected chi connectivity index (χ3v) is 5.12. The highest BCUT2D eigenvalue weighted by atomic mass is 16.2. The second-order valence-corrected chi connectivity index (χ2v) is 6.90. The van der Waals surface area contributed by atoms with Gasteiger partial charge in [0.05, 0.1) is 0 Å². The second kappa shape index (κ2) is 7.13. The molecule has 0 bridgehead atoms. The first-order valence-corrected chi connectivity index (χ1v) is 8.80. The van der Waals surface area contributed by atoms with Crippen LogP contribution in [0.25, 0.3) is 17.0 Å². The molecule has 0 saturated carbocycles. The van der Waals surface area contributed by atoms with Crippen molar-refractivity contribution in [2.24, 2.45) is 11.7 Å². The van der Waals surface area contributed by atoms with Crippen LogP contribution < -0.4 is 5.73 Å². The maximum absolute atomic E-state index is 12.8. The van der Waals surface area contributed by atoms with Gasteiger partial charge in [0.15, 0.2) is 0 Å². The molecule has 0 radical (unpaired) electrons. The average molecular weight is 339 g/mol. The maximum Gasteiger partial charge on any atom is 0.242 e. The Morgan fingerprint density at radius 1 is 1.24 bits per heavy atom. The highest BCUT2D eigenvalue weighted by molar-refractivity contribution is 5.97. The molecular weight excluding hydrogens is 314 g/mol. The third kappa shape index (κ3) is 3.60. The summed E-state index contributed by atoms with van der Waals surface area (Å²) >= 11 is 0. The summed E-state index contributed by atoms with van der Waals surface area (Å²) < 4.78 is 2.04. The van der Waals surface area contributed by atoms with E-state index in [2.05, 4.69) is 6.92 Å². The zero-order valence-electron chi connectivity index (χ0n) is 14.9. The molecule has 132 valence electrons. The predicted molar refractivity (Wildman–Crippen MR) is 99.9 cm³/mol. The van der Waals surface area contributed by atoms with Crippen LogP contribution in [0.2, 0.25) is 0 Å². The Labute approximate surface area is 148 Å². The fourth-order valence-corrected chi connectivity index (χ4v) is 3.53. The number of carbonyl (C=O) groups is 2. The molecule has 0 spiro atoms. The molecule has 1 aromatic carbocycles. The Balaban J connectivity index is 1.92. The van der Waals surface area contributed by atoms with E-state index in [4.69, 9.17) is 5.73 Å². The zero-order valence-corrected chi connectivity index (χ0v) is 14.9. The SMILES string of the molecule is Cc1c(/C=C/C(N)=O)c2ccccc2n1CC(=O)N1CCC(C)CC1. The Bertz CT molecular complexity index is 827. The number of benzene rings is 1. The van der Waals surface area contributed by atoms with Crippen molar-refractivity contribution in [1.82, 2.24) is 9.47 Å². The van der Waals surface area contributed by atoms with Gasteiger partial charge < -0.3 is 15.2 Å². The van der Waals surface area contributed by atoms with E-state index in [1.807, 2.05) is 40.7 Å². The highest BCUT2D eigenvalue weighted by Crippen LogP contribution is 2.27. The van der Waals surface area contributed by atoms with Gasteiger partial charge in [-0.2, -0.15) is 0 Å². The Kier molecular flexibility index (Phi) is 4.93. The van der Waals surface area contributed by atoms with Gasteiger partial charge in [-0.3, -0.25) is 9.59 Å². The fraction of sp³-hybridized carbons (Fsp3) is 0.400. The van der Waals surface area contributed by atoms with Crippen LogP contribution in [0.15, 0.2) is 30.3 Å². The highest BCUT2D eigenvalue weighted by Gasteiger charge is 2.22. The summed E-state index contributed by atoms with van der Waals surface area (Å²) in [6, 6.07) is 7.94. The van der Waals surface area contributed by atoms with Crippen molar-refractivity contribution in [3.8, 4) is 0 Å². The maximum atomic E-state index is 12.8. The Hall–Kier alpha value is -2.56. The fourth-order valence-electron chi connectivity index (χ4n) is 3.53. The lowest BCUT2D eigenvalue weighted by Crippen LogP contribution is -2.39. The van der Waals surface area contributed by atoms with Gasteiger partial charge in [-0.1, -0.05) is 25.1 Å². The minimum atomic E-state index is -0.477. The third-order valence-electron chi connectivity index (χ3n) is 5.12. The van der Waals surface area contributed by atoms with Gasteiger partial charge >= 0.3 is 0 Å². The minimum absolute atomic E-state index is 0.154. The van der Waals surface area contributed by atoms with Crippen LogP contribution >= 0.6 is 0 Å². The molecule has 1 fully saturated rings. The number of amides is 2. The van der Waals surface area contributed by atoms with E-state index >= 15 is 0 Å². The van der Waals surface area contributed by atoms with E-state index in [9.17, 15) is 9.59 Å². The Morgan fingerprint density at radius 2 is 1.92 bits per heavy atom. The summed E-state index contributed by atoms with van der Waals surface area (Å²) in [5, 5.41) is 1.03. The van der Waals surface area contributed by atoms with Crippen molar-refractivity contribution in [2.45, 2.75) is 33.2 Å². The molecule has 0 atom stereocenters. The summed E-state index contributed by atoms with van der Waals surface area (Å²) in [7, 11) is 0. The molecule has 1 aromatic heterocycles. The molecule has 1 aliphatic rings. The normalized spacial score (nSPS) is 16.0. The number of hydrogen-bond donors (Lipinski definition) is 1. The lowest BCUT2D eigenvalue weighted by molar-refractivity contribution is -0.133. The van der Waals surface area contributed by atoms with Crippen molar-refractivity contribution in [1.29, 1.82) is 0 Å². The van der Waals surface area contributed by atoms with E-state index in [0.717, 1.165) is 48.1 Å². The Morgan fingerprint density at radius 3 is 2.60 bits per heavy atom. The summed E-state index contributed by atoms with van der Waals surface area (Å²) in [5.41, 5.74) is 8.15. The summed E-state index contributed by atoms with van der Waals surface area (Å²) in [5.74, 6) is 0.375. The molecule has 2 amide bonds. The predicted octanol–water partition coefficient (Wildman–Crippen LogP) is 2.71. The topological polar surface area (TPSA) is 68.3 Å². The van der Waals surface area contributed by atoms with Crippen LogP contribution in [-0.2, 0) is 16.1 Å². The van der Waals surface area contributed by atoms with Crippen LogP contribution in [0.5, 0.6) is 0 Å². The molecule has 3 rings (SSSR count). The van der Waals surface area contributed by atoms with Gasteiger partial charge in [-0.15, -0.1) is 0 Å². The molecule has 2 N–H and O–H groups in total. The first-order valence-electron chi connectivity index (χ1n) is 8.80. The summed E-state index contributed by atoms with van der Waals surface area (Å²) in [4.78, 5) is 25.8. The van der Waals surface area contributed by atoms with Crippen LogP contribution in [-0.4, -0.2) is 34.4 Å². The lowest BCUT2D eigenvalue weighted by atomic mass is 9.99. The van der Waals surface area contributed by atoms with Crippen molar-refractivity contribution in [3.05, 3.63) is 41.6 Å². The molecule has 1 aliphatic heterocycles. The quantitative estimate of drug-likeness (QED) is 0.870. The number of primary amides is 1. The first kappa shape index (κ1) is 17.3. The zero-order chi connectivity index (χ0) is 18.0. The molecular formula is C20H25N3O2. The number of nitrogens with zero attached hydrogens (tertiary/aromatic N) is 2. The molecule has 1 saturated heterocycles. The van der Waals surface area contributed by atoms with Gasteiger partial charge in [0.1, 0.15) is 6.54 Å². The molecule has 2 heterocycles. The molecule has 5 heteroatoms. The van der Waals surface area contributed by atoms with Gasteiger partial charge in [0.25, 0.3) is 0 Å². The van der Waals surface area contributed by atoms with Gasteiger partial charge in [-0.25, -0.2) is 0 Å². The van der Waals surface area contributed by atoms with Crippen molar-refractivity contribution < 1.29 is 9.59 Å². The lowest BCUT2D eigenvalue weighted by Gasteiger charge is -2.30. The first-order chi connectivity index (χ1) is 12.0. The average Bonchev–Trinajstić information content (AvgIpc) is 2.85. The van der Waals surface area contributed by atoms with Crippen LogP contribution in [0, 0.1) is 12.8 Å². The van der Waals surface area contributed by atoms with Crippen molar-refractivity contribution >= 4 is 28.8 Å². The standard InChI is InChI=1S/C20H25N3O2/c1-14-9-11-22(12-10-14)20(25)13-23-15(2)16(7-8-19(21)24)17-5-3-4-6-18(17)23/h3-8,14H,9-13H2,1-2H3,(H2,21,24)/b8-7+. The van der Waals surface area contributed by atoms with Gasteiger partial charge in [0.2, 0.25) is 11.8 Å². The largest absolute Gasteiger partial charge is 0.366 e. The number of carbonyl (C=O) groups excluding carboxylic acids is 2. The monoisotopic (exact) mass is 339 g/mol. The van der Waals surface area contributed by atoms with Crippen molar-refractivity contribution in [3.63, 3.8) is 0 Å². The molecule has 5 nitrogen and oxygen atoms in total. The molecule has 0 unspecified atom stereocenters. The number of likely N-dealkylation sites (tertiary alicyclic amines) is 1. The van der Waals surface area contributed by atoms with Gasteiger partial charge in [-0.05, 0) is 37.8 Å². The number of hydrogen-bond acceptors (Lipinski definition) is 2. The van der Waals surface area contributed by atoms with E-state index < -0.39 is 5.91 Å². The number of rotatable bonds is 4. The van der Waals surface area contributed by atoms with Crippen molar-refractivity contribution in [2.75, 3.05) is 13.1 Å². The van der Waals surface area contributed by atoms with E-state index in [1.54, 1.807) is 6.08 Å². The van der Waals surface area contributed by atoms with Gasteiger partial charge in [0, 0.05) is 41.3 Å². The molecule has 25 heavy (non-hydrogen) atoms. The van der Waals surface area contributed by atoms with E-state index in [-0.39, 0.29) is 5.91 Å². The number of para-hydroxylation sites is 1. The minimum Gasteiger partial charge on any atom is -0.366 e. The molecule has 0 aliphatic carbocycles.